The lowest BCUT2D eigenvalue weighted by Gasteiger charge is -2.09. The fourth-order valence-electron chi connectivity index (χ4n) is 3.61. The molecule has 0 atom stereocenters. The monoisotopic (exact) mass is 472 g/mol. The Kier molecular flexibility index (Phi) is 6.22. The number of carbonyl (C=O) groups excluding carboxylic acids is 2. The first kappa shape index (κ1) is 22.0. The zero-order valence-corrected chi connectivity index (χ0v) is 19.0. The third-order valence-corrected chi connectivity index (χ3v) is 6.47. The molecule has 5 rings (SSSR count). The zero-order chi connectivity index (χ0) is 23.5. The molecule has 1 amide bonds. The molecule has 1 aliphatic carbocycles. The molecule has 1 N–H and O–H groups in total. The highest BCUT2D eigenvalue weighted by atomic mass is 32.2. The highest BCUT2D eigenvalue weighted by Crippen LogP contribution is 2.41. The van der Waals surface area contributed by atoms with Crippen molar-refractivity contribution >= 4 is 29.1 Å². The number of anilines is 1. The van der Waals surface area contributed by atoms with Crippen LogP contribution in [0, 0.1) is 5.82 Å². The number of benzene rings is 3. The Balaban J connectivity index is 1.25. The largest absolute Gasteiger partial charge is 0.322 e. The summed E-state index contributed by atoms with van der Waals surface area (Å²) in [5.74, 6) is 0.0552. The Morgan fingerprint density at radius 1 is 0.912 bits per heavy atom. The number of nitrogens with zero attached hydrogens (tertiary/aromatic N) is 3. The average Bonchev–Trinajstić information content (AvgIpc) is 3.63. The minimum Gasteiger partial charge on any atom is -0.322 e. The summed E-state index contributed by atoms with van der Waals surface area (Å²) in [7, 11) is 0. The fourth-order valence-corrected chi connectivity index (χ4v) is 4.51. The third-order valence-electron chi connectivity index (χ3n) is 5.52. The van der Waals surface area contributed by atoms with Crippen LogP contribution in [0.3, 0.4) is 0 Å². The van der Waals surface area contributed by atoms with Crippen molar-refractivity contribution in [3.05, 3.63) is 95.8 Å². The van der Waals surface area contributed by atoms with Crippen LogP contribution in [0.5, 0.6) is 0 Å². The van der Waals surface area contributed by atoms with Crippen LogP contribution >= 0.6 is 11.8 Å². The maximum Gasteiger partial charge on any atom is 0.255 e. The topological polar surface area (TPSA) is 76.9 Å². The molecule has 170 valence electrons. The Bertz CT molecular complexity index is 1330. The Morgan fingerprint density at radius 3 is 2.32 bits per heavy atom. The number of carbonyl (C=O) groups is 2. The zero-order valence-electron chi connectivity index (χ0n) is 18.1. The lowest BCUT2D eigenvalue weighted by atomic mass is 10.1. The van der Waals surface area contributed by atoms with Gasteiger partial charge >= 0.3 is 0 Å². The molecular formula is C26H21FN4O2S. The van der Waals surface area contributed by atoms with Gasteiger partial charge in [0.25, 0.3) is 5.91 Å². The first-order valence-corrected chi connectivity index (χ1v) is 11.9. The summed E-state index contributed by atoms with van der Waals surface area (Å²) in [4.78, 5) is 25.1. The van der Waals surface area contributed by atoms with E-state index in [0.717, 1.165) is 12.8 Å². The lowest BCUT2D eigenvalue weighted by molar-refractivity contribution is 0.101. The van der Waals surface area contributed by atoms with Gasteiger partial charge in [0.15, 0.2) is 16.8 Å². The van der Waals surface area contributed by atoms with Gasteiger partial charge in [-0.2, -0.15) is 0 Å². The maximum atomic E-state index is 14.3. The van der Waals surface area contributed by atoms with Gasteiger partial charge in [-0.25, -0.2) is 4.39 Å². The number of amides is 1. The molecule has 0 saturated heterocycles. The van der Waals surface area contributed by atoms with Gasteiger partial charge in [0.2, 0.25) is 0 Å². The van der Waals surface area contributed by atoms with E-state index in [1.807, 2.05) is 10.6 Å². The molecule has 0 spiro atoms. The fraction of sp³-hybridized carbons (Fsp3) is 0.154. The Labute approximate surface area is 200 Å². The van der Waals surface area contributed by atoms with Crippen LogP contribution in [0.2, 0.25) is 0 Å². The van der Waals surface area contributed by atoms with E-state index in [9.17, 15) is 14.0 Å². The van der Waals surface area contributed by atoms with Crippen molar-refractivity contribution in [1.29, 1.82) is 0 Å². The molecule has 8 heteroatoms. The second kappa shape index (κ2) is 9.61. The molecule has 0 bridgehead atoms. The first-order chi connectivity index (χ1) is 16.6. The molecule has 4 aromatic rings. The van der Waals surface area contributed by atoms with E-state index in [0.29, 0.717) is 33.4 Å². The normalized spacial score (nSPS) is 13.0. The number of nitrogens with one attached hydrogen (secondary N) is 1. The van der Waals surface area contributed by atoms with Gasteiger partial charge in [0, 0.05) is 22.9 Å². The average molecular weight is 473 g/mol. The molecule has 34 heavy (non-hydrogen) atoms. The van der Waals surface area contributed by atoms with Gasteiger partial charge in [-0.3, -0.25) is 14.2 Å². The van der Waals surface area contributed by atoms with E-state index in [2.05, 4.69) is 15.5 Å². The molecule has 1 aliphatic rings. The van der Waals surface area contributed by atoms with E-state index < -0.39 is 0 Å². The van der Waals surface area contributed by atoms with Crippen molar-refractivity contribution in [3.8, 4) is 11.4 Å². The van der Waals surface area contributed by atoms with Crippen LogP contribution in [0.25, 0.3) is 11.4 Å². The summed E-state index contributed by atoms with van der Waals surface area (Å²) >= 11 is 1.30. The van der Waals surface area contributed by atoms with Crippen LogP contribution in [-0.2, 0) is 0 Å². The summed E-state index contributed by atoms with van der Waals surface area (Å²) in [6.07, 6.45) is 1.97. The van der Waals surface area contributed by atoms with Crippen LogP contribution in [0.4, 0.5) is 10.1 Å². The van der Waals surface area contributed by atoms with E-state index in [-0.39, 0.29) is 29.3 Å². The van der Waals surface area contributed by atoms with Gasteiger partial charge < -0.3 is 5.32 Å². The quantitative estimate of drug-likeness (QED) is 0.265. The van der Waals surface area contributed by atoms with Crippen molar-refractivity contribution in [3.63, 3.8) is 0 Å². The van der Waals surface area contributed by atoms with Gasteiger partial charge in [0.1, 0.15) is 5.82 Å². The van der Waals surface area contributed by atoms with E-state index in [4.69, 9.17) is 0 Å². The summed E-state index contributed by atoms with van der Waals surface area (Å²) < 4.78 is 16.3. The predicted molar refractivity (Wildman–Crippen MR) is 130 cm³/mol. The summed E-state index contributed by atoms with van der Waals surface area (Å²) in [6.45, 7) is 0. The molecular weight excluding hydrogens is 451 g/mol. The predicted octanol–water partition coefficient (Wildman–Crippen LogP) is 5.65. The Morgan fingerprint density at radius 2 is 1.62 bits per heavy atom. The molecule has 1 heterocycles. The molecule has 0 radical (unpaired) electrons. The van der Waals surface area contributed by atoms with Crippen molar-refractivity contribution in [2.24, 2.45) is 0 Å². The third kappa shape index (κ3) is 4.77. The Hall–Kier alpha value is -3.78. The standard InChI is InChI=1S/C26H21FN4O2S/c27-22-9-5-4-8-21(22)24-29-30-26(31(24)20-14-15-20)34-16-23(32)17-10-12-19(13-11-17)28-25(33)18-6-2-1-3-7-18/h1-13,20H,14-16H2,(H,28,33). The number of ketones is 1. The number of rotatable bonds is 8. The van der Waals surface area contributed by atoms with Crippen molar-refractivity contribution in [1.82, 2.24) is 14.8 Å². The van der Waals surface area contributed by atoms with Gasteiger partial charge in [-0.15, -0.1) is 10.2 Å². The van der Waals surface area contributed by atoms with Crippen LogP contribution in [0.15, 0.2) is 84.0 Å². The molecule has 1 saturated carbocycles. The number of hydrogen-bond acceptors (Lipinski definition) is 5. The van der Waals surface area contributed by atoms with Gasteiger partial charge in [-0.05, 0) is 61.4 Å². The summed E-state index contributed by atoms with van der Waals surface area (Å²) in [5, 5.41) is 11.9. The lowest BCUT2D eigenvalue weighted by Crippen LogP contribution is -2.12. The highest BCUT2D eigenvalue weighted by molar-refractivity contribution is 7.99. The van der Waals surface area contributed by atoms with Crippen molar-refractivity contribution in [2.75, 3.05) is 11.1 Å². The minimum absolute atomic E-state index is 0.0660. The molecule has 0 unspecified atom stereocenters. The molecule has 1 fully saturated rings. The summed E-state index contributed by atoms with van der Waals surface area (Å²) in [6, 6.07) is 22.5. The van der Waals surface area contributed by atoms with Crippen LogP contribution < -0.4 is 5.32 Å². The van der Waals surface area contributed by atoms with Crippen LogP contribution in [0.1, 0.15) is 39.6 Å². The number of halogens is 1. The molecule has 0 aliphatic heterocycles. The SMILES string of the molecule is O=C(CSc1nnc(-c2ccccc2F)n1C1CC1)c1ccc(NC(=O)c2ccccc2)cc1. The molecule has 6 nitrogen and oxygen atoms in total. The van der Waals surface area contributed by atoms with Gasteiger partial charge in [-0.1, -0.05) is 42.1 Å². The molecule has 1 aromatic heterocycles. The van der Waals surface area contributed by atoms with E-state index in [1.165, 1.54) is 17.8 Å². The van der Waals surface area contributed by atoms with E-state index >= 15 is 0 Å². The van der Waals surface area contributed by atoms with Gasteiger partial charge in [0.05, 0.1) is 11.3 Å². The van der Waals surface area contributed by atoms with Crippen molar-refractivity contribution < 1.29 is 14.0 Å². The number of aromatic nitrogens is 3. The minimum atomic E-state index is -0.344. The highest BCUT2D eigenvalue weighted by Gasteiger charge is 2.31. The second-order valence-corrected chi connectivity index (χ2v) is 8.94. The first-order valence-electron chi connectivity index (χ1n) is 10.9. The maximum absolute atomic E-state index is 14.3. The second-order valence-electron chi connectivity index (χ2n) is 8.00. The number of hydrogen-bond donors (Lipinski definition) is 1. The van der Waals surface area contributed by atoms with E-state index in [1.54, 1.807) is 66.7 Å². The smallest absolute Gasteiger partial charge is 0.255 e. The number of thioether (sulfide) groups is 1. The van der Waals surface area contributed by atoms with Crippen molar-refractivity contribution in [2.45, 2.75) is 24.0 Å². The number of Topliss-reactive ketones (excluding diaryl/α,β-unsaturated/α-hetero) is 1. The summed E-state index contributed by atoms with van der Waals surface area (Å²) in [5.41, 5.74) is 2.12. The van der Waals surface area contributed by atoms with Crippen LogP contribution in [-0.4, -0.2) is 32.2 Å². The molecule has 3 aromatic carbocycles.